The summed E-state index contributed by atoms with van der Waals surface area (Å²) in [6.07, 6.45) is 9.41. The molecule has 0 spiro atoms. The first-order valence-corrected chi connectivity index (χ1v) is 11.0. The predicted octanol–water partition coefficient (Wildman–Crippen LogP) is 4.00. The molecule has 2 aliphatic rings. The van der Waals surface area contributed by atoms with Crippen LogP contribution in [0.2, 0.25) is 0 Å². The Kier molecular flexibility index (Phi) is 7.30. The molecule has 0 aromatic heterocycles. The molecular formula is C24H36N2O2. The first-order chi connectivity index (χ1) is 13.5. The number of nitrogens with zero attached hydrogens (tertiary/aromatic N) is 1. The Labute approximate surface area is 170 Å². The van der Waals surface area contributed by atoms with Gasteiger partial charge in [0.1, 0.15) is 0 Å². The topological polar surface area (TPSA) is 52.6 Å². The van der Waals surface area contributed by atoms with Crippen LogP contribution in [0.5, 0.6) is 0 Å². The molecule has 1 atom stereocenters. The van der Waals surface area contributed by atoms with Crippen molar-refractivity contribution in [1.29, 1.82) is 0 Å². The average molecular weight is 385 g/mol. The molecule has 1 saturated carbocycles. The molecule has 1 aliphatic carbocycles. The lowest BCUT2D eigenvalue weighted by Gasteiger charge is -2.42. The highest BCUT2D eigenvalue weighted by Gasteiger charge is 2.48. The van der Waals surface area contributed by atoms with Crippen molar-refractivity contribution in [1.82, 2.24) is 10.2 Å². The van der Waals surface area contributed by atoms with Crippen LogP contribution < -0.4 is 5.32 Å². The Morgan fingerprint density at radius 2 is 1.89 bits per heavy atom. The third-order valence-electron chi connectivity index (χ3n) is 6.72. The lowest BCUT2D eigenvalue weighted by Crippen LogP contribution is -2.55. The number of amides is 1. The van der Waals surface area contributed by atoms with Crippen LogP contribution in [-0.4, -0.2) is 41.6 Å². The van der Waals surface area contributed by atoms with Gasteiger partial charge in [0.2, 0.25) is 0 Å². The zero-order valence-electron chi connectivity index (χ0n) is 17.5. The number of likely N-dealkylation sites (tertiary alicyclic amines) is 1. The minimum atomic E-state index is -1.39. The summed E-state index contributed by atoms with van der Waals surface area (Å²) in [7, 11) is 0. The molecule has 0 bridgehead atoms. The molecule has 1 unspecified atom stereocenters. The fourth-order valence-electron chi connectivity index (χ4n) is 4.39. The molecule has 28 heavy (non-hydrogen) atoms. The molecule has 1 aliphatic heterocycles. The smallest absolute Gasteiger partial charge is 0.257 e. The van der Waals surface area contributed by atoms with Gasteiger partial charge in [-0.2, -0.15) is 0 Å². The van der Waals surface area contributed by atoms with E-state index >= 15 is 0 Å². The summed E-state index contributed by atoms with van der Waals surface area (Å²) in [5, 5.41) is 14.6. The maximum atomic E-state index is 13.1. The molecule has 2 fully saturated rings. The molecular weight excluding hydrogens is 348 g/mol. The van der Waals surface area contributed by atoms with Crippen molar-refractivity contribution in [3.63, 3.8) is 0 Å². The number of rotatable bonds is 8. The van der Waals surface area contributed by atoms with E-state index in [1.807, 2.05) is 30.3 Å². The van der Waals surface area contributed by atoms with E-state index in [-0.39, 0.29) is 17.9 Å². The first kappa shape index (κ1) is 21.1. The second-order valence-electron chi connectivity index (χ2n) is 8.59. The van der Waals surface area contributed by atoms with Crippen LogP contribution in [0.3, 0.4) is 0 Å². The predicted molar refractivity (Wildman–Crippen MR) is 114 cm³/mol. The average Bonchev–Trinajstić information content (AvgIpc) is 2.68. The molecule has 3 rings (SSSR count). The van der Waals surface area contributed by atoms with E-state index < -0.39 is 5.60 Å². The Morgan fingerprint density at radius 3 is 2.46 bits per heavy atom. The summed E-state index contributed by atoms with van der Waals surface area (Å²) >= 11 is 0. The molecule has 4 heteroatoms. The molecule has 1 heterocycles. The summed E-state index contributed by atoms with van der Waals surface area (Å²) in [4.78, 5) is 15.6. The summed E-state index contributed by atoms with van der Waals surface area (Å²) < 4.78 is 0. The summed E-state index contributed by atoms with van der Waals surface area (Å²) in [5.41, 5.74) is 0.799. The maximum absolute atomic E-state index is 13.1. The lowest BCUT2D eigenvalue weighted by molar-refractivity contribution is -0.153. The highest BCUT2D eigenvalue weighted by molar-refractivity contribution is 5.87. The summed E-state index contributed by atoms with van der Waals surface area (Å²) in [6.45, 7) is 7.46. The van der Waals surface area contributed by atoms with Crippen molar-refractivity contribution in [2.24, 2.45) is 5.92 Å². The third-order valence-corrected chi connectivity index (χ3v) is 6.72. The molecule has 1 aromatic rings. The van der Waals surface area contributed by atoms with Gasteiger partial charge in [-0.3, -0.25) is 4.79 Å². The van der Waals surface area contributed by atoms with Crippen molar-refractivity contribution in [3.05, 3.63) is 47.5 Å². The fraction of sp³-hybridized carbons (Fsp3) is 0.625. The second-order valence-corrected chi connectivity index (χ2v) is 8.59. The Morgan fingerprint density at radius 1 is 1.21 bits per heavy atom. The minimum Gasteiger partial charge on any atom is -0.375 e. The highest BCUT2D eigenvalue weighted by atomic mass is 16.3. The van der Waals surface area contributed by atoms with Gasteiger partial charge in [-0.25, -0.2) is 0 Å². The number of aliphatic hydroxyl groups is 1. The van der Waals surface area contributed by atoms with Crippen molar-refractivity contribution in [2.75, 3.05) is 19.6 Å². The van der Waals surface area contributed by atoms with Gasteiger partial charge in [0, 0.05) is 25.0 Å². The van der Waals surface area contributed by atoms with Crippen LogP contribution in [0.1, 0.15) is 64.4 Å². The van der Waals surface area contributed by atoms with Crippen LogP contribution in [0.4, 0.5) is 0 Å². The minimum absolute atomic E-state index is 0.0323. The largest absolute Gasteiger partial charge is 0.375 e. The van der Waals surface area contributed by atoms with Crippen molar-refractivity contribution >= 4 is 5.91 Å². The van der Waals surface area contributed by atoms with Crippen LogP contribution >= 0.6 is 0 Å². The van der Waals surface area contributed by atoms with Gasteiger partial charge in [0.05, 0.1) is 0 Å². The number of nitrogens with one attached hydrogen (secondary N) is 1. The molecule has 154 valence electrons. The van der Waals surface area contributed by atoms with Gasteiger partial charge < -0.3 is 15.3 Å². The van der Waals surface area contributed by atoms with Crippen molar-refractivity contribution in [2.45, 2.75) is 70.4 Å². The highest BCUT2D eigenvalue weighted by Crippen LogP contribution is 2.42. The maximum Gasteiger partial charge on any atom is 0.257 e. The van der Waals surface area contributed by atoms with Gasteiger partial charge in [0.25, 0.3) is 5.91 Å². The van der Waals surface area contributed by atoms with Gasteiger partial charge >= 0.3 is 0 Å². The van der Waals surface area contributed by atoms with Crippen LogP contribution in [0, 0.1) is 5.92 Å². The summed E-state index contributed by atoms with van der Waals surface area (Å²) in [5.74, 6) is -0.171. The van der Waals surface area contributed by atoms with E-state index in [2.05, 4.69) is 30.1 Å². The Hall–Kier alpha value is -1.65. The van der Waals surface area contributed by atoms with Gasteiger partial charge in [-0.15, -0.1) is 0 Å². The van der Waals surface area contributed by atoms with Crippen LogP contribution in [0.25, 0.3) is 0 Å². The number of benzene rings is 1. The van der Waals surface area contributed by atoms with E-state index in [4.69, 9.17) is 0 Å². The number of carbonyl (C=O) groups is 1. The molecule has 1 saturated heterocycles. The second kappa shape index (κ2) is 9.71. The van der Waals surface area contributed by atoms with E-state index in [0.29, 0.717) is 0 Å². The monoisotopic (exact) mass is 384 g/mol. The Bertz CT molecular complexity index is 660. The third kappa shape index (κ3) is 4.84. The van der Waals surface area contributed by atoms with E-state index in [9.17, 15) is 9.90 Å². The van der Waals surface area contributed by atoms with E-state index in [1.165, 1.54) is 18.4 Å². The van der Waals surface area contributed by atoms with E-state index in [0.717, 1.165) is 57.3 Å². The molecule has 1 amide bonds. The van der Waals surface area contributed by atoms with Gasteiger partial charge in [-0.05, 0) is 64.5 Å². The fourth-order valence-corrected chi connectivity index (χ4v) is 4.39. The standard InChI is InChI=1S/C24H36N2O2/c1-3-19(2)9-8-16-26-17-14-22(15-18-26)25-23(27)24(28,21-12-7-13-21)20-10-5-4-6-11-20/h3-6,10-11,21-22,28H,7-9,12-18H2,1-2H3,(H,25,27)/b19-3+. The molecule has 0 radical (unpaired) electrons. The van der Waals surface area contributed by atoms with Crippen molar-refractivity contribution < 1.29 is 9.90 Å². The number of carbonyl (C=O) groups excluding carboxylic acids is 1. The molecule has 4 nitrogen and oxygen atoms in total. The lowest BCUT2D eigenvalue weighted by atomic mass is 9.69. The Balaban J connectivity index is 1.53. The SMILES string of the molecule is C/C=C(\C)CCCN1CCC(NC(=O)C(O)(c2ccccc2)C2CCC2)CC1. The zero-order chi connectivity index (χ0) is 20.0. The van der Waals surface area contributed by atoms with E-state index in [1.54, 1.807) is 0 Å². The normalized spacial score (nSPS) is 21.8. The number of hydrogen-bond acceptors (Lipinski definition) is 3. The molecule has 2 N–H and O–H groups in total. The quantitative estimate of drug-likeness (QED) is 0.666. The zero-order valence-corrected chi connectivity index (χ0v) is 17.5. The van der Waals surface area contributed by atoms with Crippen LogP contribution in [0.15, 0.2) is 42.0 Å². The van der Waals surface area contributed by atoms with Gasteiger partial charge in [0.15, 0.2) is 5.60 Å². The summed E-state index contributed by atoms with van der Waals surface area (Å²) in [6, 6.07) is 9.66. The van der Waals surface area contributed by atoms with Crippen molar-refractivity contribution in [3.8, 4) is 0 Å². The number of hydrogen-bond donors (Lipinski definition) is 2. The molecule has 1 aromatic carbocycles. The first-order valence-electron chi connectivity index (χ1n) is 11.0. The van der Waals surface area contributed by atoms with Gasteiger partial charge in [-0.1, -0.05) is 48.4 Å². The number of allylic oxidation sites excluding steroid dienone is 2. The number of piperidine rings is 1. The van der Waals surface area contributed by atoms with Crippen LogP contribution in [-0.2, 0) is 10.4 Å².